The molecule has 0 bridgehead atoms. The minimum Gasteiger partial charge on any atom is -0.465 e. The number of guanidine groups is 1. The van der Waals surface area contributed by atoms with E-state index in [2.05, 4.69) is 20.6 Å². The number of carbonyl (C=O) groups excluding carboxylic acids is 2. The molecule has 0 atom stereocenters. The van der Waals surface area contributed by atoms with Gasteiger partial charge in [-0.15, -0.1) is 0 Å². The number of nitrogens with zero attached hydrogens (tertiary/aromatic N) is 4. The third-order valence-corrected chi connectivity index (χ3v) is 4.11. The molecule has 182 valence electrons. The molecule has 1 aromatic heterocycles. The summed E-state index contributed by atoms with van der Waals surface area (Å²) in [5, 5.41) is 13.9. The maximum atomic E-state index is 12.2. The summed E-state index contributed by atoms with van der Waals surface area (Å²) in [7, 11) is 0. The summed E-state index contributed by atoms with van der Waals surface area (Å²) in [6, 6.07) is 3.40. The molecule has 1 aromatic rings. The van der Waals surface area contributed by atoms with Crippen molar-refractivity contribution in [3.8, 4) is 0 Å². The fourth-order valence-corrected chi connectivity index (χ4v) is 2.79. The van der Waals surface area contributed by atoms with E-state index in [9.17, 15) is 14.4 Å². The van der Waals surface area contributed by atoms with Crippen molar-refractivity contribution in [3.05, 3.63) is 18.3 Å². The van der Waals surface area contributed by atoms with Crippen molar-refractivity contribution in [1.29, 1.82) is 0 Å². The number of aromatic nitrogens is 1. The van der Waals surface area contributed by atoms with Crippen molar-refractivity contribution in [2.24, 2.45) is 4.99 Å². The van der Waals surface area contributed by atoms with E-state index in [0.29, 0.717) is 26.2 Å². The first-order valence-corrected chi connectivity index (χ1v) is 10.5. The molecule has 2 heterocycles. The van der Waals surface area contributed by atoms with Crippen LogP contribution in [0.3, 0.4) is 0 Å². The maximum Gasteiger partial charge on any atom is 0.414 e. The Balaban J connectivity index is 2.13. The summed E-state index contributed by atoms with van der Waals surface area (Å²) in [6.45, 7) is 12.1. The number of aliphatic imine (C=N–C) groups is 1. The van der Waals surface area contributed by atoms with Crippen LogP contribution in [0.1, 0.15) is 41.5 Å². The summed E-state index contributed by atoms with van der Waals surface area (Å²) in [5.74, 6) is 0.0267. The van der Waals surface area contributed by atoms with Gasteiger partial charge in [-0.2, -0.15) is 4.99 Å². The summed E-state index contributed by atoms with van der Waals surface area (Å²) in [5.41, 5.74) is -0.683. The zero-order chi connectivity index (χ0) is 24.8. The van der Waals surface area contributed by atoms with Crippen molar-refractivity contribution in [2.75, 3.05) is 31.1 Å². The Labute approximate surface area is 193 Å². The Bertz CT molecular complexity index is 848. The lowest BCUT2D eigenvalue weighted by Crippen LogP contribution is -2.48. The monoisotopic (exact) mass is 464 g/mol. The number of amides is 3. The van der Waals surface area contributed by atoms with Gasteiger partial charge in [-0.3, -0.25) is 10.6 Å². The minimum atomic E-state index is -0.931. The highest BCUT2D eigenvalue weighted by Gasteiger charge is 2.22. The molecule has 3 amide bonds. The van der Waals surface area contributed by atoms with Gasteiger partial charge in [0.15, 0.2) is 5.82 Å². The number of alkyl carbamates (subject to hydrolysis) is 2. The second-order valence-electron chi connectivity index (χ2n) is 9.35. The Morgan fingerprint density at radius 3 is 1.85 bits per heavy atom. The highest BCUT2D eigenvalue weighted by Crippen LogP contribution is 2.18. The van der Waals surface area contributed by atoms with Gasteiger partial charge in [0.05, 0.1) is 11.9 Å². The minimum absolute atomic E-state index is 0.200. The Morgan fingerprint density at radius 1 is 0.939 bits per heavy atom. The molecule has 0 aromatic carbocycles. The highest BCUT2D eigenvalue weighted by atomic mass is 16.6. The van der Waals surface area contributed by atoms with Crippen molar-refractivity contribution in [3.63, 3.8) is 0 Å². The van der Waals surface area contributed by atoms with E-state index in [0.717, 1.165) is 5.69 Å². The zero-order valence-electron chi connectivity index (χ0n) is 19.8. The smallest absolute Gasteiger partial charge is 0.414 e. The van der Waals surface area contributed by atoms with E-state index < -0.39 is 29.5 Å². The first-order chi connectivity index (χ1) is 15.2. The predicted octanol–water partition coefficient (Wildman–Crippen LogP) is 2.92. The van der Waals surface area contributed by atoms with E-state index >= 15 is 0 Å². The SMILES string of the molecule is CC(C)(C)OC(=O)NC(=Nc1ccc(N2CCN(C(=O)O)CC2)cn1)NC(=O)OC(C)(C)C. The van der Waals surface area contributed by atoms with E-state index in [-0.39, 0.29) is 11.8 Å². The van der Waals surface area contributed by atoms with Crippen LogP contribution >= 0.6 is 0 Å². The lowest BCUT2D eigenvalue weighted by atomic mass is 10.2. The fraction of sp³-hybridized carbons (Fsp3) is 0.571. The normalized spacial score (nSPS) is 14.2. The van der Waals surface area contributed by atoms with Crippen LogP contribution in [-0.4, -0.2) is 76.6 Å². The largest absolute Gasteiger partial charge is 0.465 e. The van der Waals surface area contributed by atoms with Gasteiger partial charge in [-0.1, -0.05) is 0 Å². The highest BCUT2D eigenvalue weighted by molar-refractivity contribution is 6.02. The molecule has 0 spiro atoms. The molecule has 33 heavy (non-hydrogen) atoms. The molecule has 1 aliphatic heterocycles. The number of rotatable bonds is 2. The third kappa shape index (κ3) is 9.21. The van der Waals surface area contributed by atoms with Crippen molar-refractivity contribution in [2.45, 2.75) is 52.7 Å². The first kappa shape index (κ1) is 25.7. The van der Waals surface area contributed by atoms with Crippen LogP contribution in [0.5, 0.6) is 0 Å². The van der Waals surface area contributed by atoms with Gasteiger partial charge in [-0.25, -0.2) is 19.4 Å². The second kappa shape index (κ2) is 10.4. The second-order valence-corrected chi connectivity index (χ2v) is 9.35. The summed E-state index contributed by atoms with van der Waals surface area (Å²) < 4.78 is 10.4. The van der Waals surface area contributed by atoms with Crippen LogP contribution in [0.15, 0.2) is 23.3 Å². The van der Waals surface area contributed by atoms with Gasteiger partial charge in [0.25, 0.3) is 0 Å². The maximum absolute atomic E-state index is 12.2. The summed E-state index contributed by atoms with van der Waals surface area (Å²) in [4.78, 5) is 47.3. The quantitative estimate of drug-likeness (QED) is 0.447. The van der Waals surface area contributed by atoms with Gasteiger partial charge < -0.3 is 24.4 Å². The number of anilines is 1. The Hall–Kier alpha value is -3.57. The molecule has 1 fully saturated rings. The van der Waals surface area contributed by atoms with E-state index in [4.69, 9.17) is 14.6 Å². The molecule has 0 saturated carbocycles. The molecule has 12 nitrogen and oxygen atoms in total. The predicted molar refractivity (Wildman–Crippen MR) is 122 cm³/mol. The summed E-state index contributed by atoms with van der Waals surface area (Å²) in [6.07, 6.45) is -0.941. The fourth-order valence-electron chi connectivity index (χ4n) is 2.79. The Kier molecular flexibility index (Phi) is 8.07. The standard InChI is InChI=1S/C21H32N6O6/c1-20(2,3)32-17(28)24-16(25-18(29)33-21(4,5)6)23-15-8-7-14(13-22-15)26-9-11-27(12-10-26)19(30)31/h7-8,13H,9-12H2,1-6H3,(H,30,31)(H2,22,23,24,25,28,29). The van der Waals surface area contributed by atoms with Crippen molar-refractivity contribution < 1.29 is 29.0 Å². The molecular formula is C21H32N6O6. The molecule has 0 radical (unpaired) electrons. The topological polar surface area (TPSA) is 146 Å². The molecule has 0 aliphatic carbocycles. The molecule has 0 unspecified atom stereocenters. The van der Waals surface area contributed by atoms with Gasteiger partial charge in [0, 0.05) is 26.2 Å². The Morgan fingerprint density at radius 2 is 1.45 bits per heavy atom. The van der Waals surface area contributed by atoms with Crippen LogP contribution in [0.2, 0.25) is 0 Å². The average Bonchev–Trinajstić information content (AvgIpc) is 2.65. The third-order valence-electron chi connectivity index (χ3n) is 4.11. The first-order valence-electron chi connectivity index (χ1n) is 10.5. The summed E-state index contributed by atoms with van der Waals surface area (Å²) >= 11 is 0. The molecule has 1 aliphatic rings. The van der Waals surface area contributed by atoms with Crippen LogP contribution in [0.25, 0.3) is 0 Å². The number of carboxylic acid groups (broad SMARTS) is 1. The molecule has 1 saturated heterocycles. The molecule has 3 N–H and O–H groups in total. The zero-order valence-corrected chi connectivity index (χ0v) is 19.8. The average molecular weight is 465 g/mol. The van der Waals surface area contributed by atoms with Crippen LogP contribution < -0.4 is 15.5 Å². The number of piperazine rings is 1. The van der Waals surface area contributed by atoms with Crippen LogP contribution in [-0.2, 0) is 9.47 Å². The van der Waals surface area contributed by atoms with Crippen LogP contribution in [0.4, 0.5) is 25.9 Å². The van der Waals surface area contributed by atoms with Crippen molar-refractivity contribution in [1.82, 2.24) is 20.5 Å². The molecule has 2 rings (SSSR count). The van der Waals surface area contributed by atoms with E-state index in [1.165, 1.54) is 4.90 Å². The number of pyridine rings is 1. The number of carbonyl (C=O) groups is 3. The number of ether oxygens (including phenoxy) is 2. The van der Waals surface area contributed by atoms with E-state index in [1.807, 2.05) is 4.90 Å². The number of nitrogens with one attached hydrogen (secondary N) is 2. The number of hydrogen-bond acceptors (Lipinski definition) is 8. The lowest BCUT2D eigenvalue weighted by molar-refractivity contribution is 0.0545. The van der Waals surface area contributed by atoms with Gasteiger partial charge >= 0.3 is 18.3 Å². The molecular weight excluding hydrogens is 432 g/mol. The van der Waals surface area contributed by atoms with E-state index in [1.54, 1.807) is 59.9 Å². The van der Waals surface area contributed by atoms with Crippen LogP contribution in [0, 0.1) is 0 Å². The molecule has 12 heteroatoms. The van der Waals surface area contributed by atoms with Crippen molar-refractivity contribution >= 4 is 35.7 Å². The lowest BCUT2D eigenvalue weighted by Gasteiger charge is -2.34. The van der Waals surface area contributed by atoms with Gasteiger partial charge in [0.2, 0.25) is 5.96 Å². The number of hydrogen-bond donors (Lipinski definition) is 3. The van der Waals surface area contributed by atoms with Gasteiger partial charge in [0.1, 0.15) is 11.2 Å². The van der Waals surface area contributed by atoms with Gasteiger partial charge in [-0.05, 0) is 53.7 Å².